The fourth-order valence-corrected chi connectivity index (χ4v) is 3.16. The predicted molar refractivity (Wildman–Crippen MR) is 87.4 cm³/mol. The number of aromatic nitrogens is 2. The van der Waals surface area contributed by atoms with Crippen molar-refractivity contribution in [2.24, 2.45) is 0 Å². The fourth-order valence-electron chi connectivity index (χ4n) is 3.16. The molecule has 0 aliphatic heterocycles. The number of carbonyl (C=O) groups is 1. The first kappa shape index (κ1) is 14.8. The number of nitrogens with zero attached hydrogens (tertiary/aromatic N) is 2. The van der Waals surface area contributed by atoms with Crippen molar-refractivity contribution in [2.45, 2.75) is 52.0 Å². The second kappa shape index (κ2) is 6.34. The van der Waals surface area contributed by atoms with E-state index in [1.807, 2.05) is 23.7 Å². The molecular formula is C18H23N3O. The molecule has 0 atom stereocenters. The van der Waals surface area contributed by atoms with Gasteiger partial charge in [-0.25, -0.2) is 4.68 Å². The summed E-state index contributed by atoms with van der Waals surface area (Å²) in [6.07, 6.45) is 7.58. The molecule has 1 heterocycles. The van der Waals surface area contributed by atoms with Crippen molar-refractivity contribution in [3.05, 3.63) is 47.3 Å². The minimum atomic E-state index is 0.00306. The molecule has 2 aromatic rings. The minimum Gasteiger partial charge on any atom is -0.349 e. The number of carbonyl (C=O) groups excluding carboxylic acids is 1. The second-order valence-electron chi connectivity index (χ2n) is 6.20. The summed E-state index contributed by atoms with van der Waals surface area (Å²) in [5.74, 6) is 0.00306. The van der Waals surface area contributed by atoms with Crippen LogP contribution in [0.25, 0.3) is 5.69 Å². The third-order valence-electron chi connectivity index (χ3n) is 4.44. The molecule has 1 fully saturated rings. The quantitative estimate of drug-likeness (QED) is 0.941. The Morgan fingerprint density at radius 1 is 1.23 bits per heavy atom. The molecule has 0 radical (unpaired) electrons. The maximum Gasteiger partial charge on any atom is 0.254 e. The van der Waals surface area contributed by atoms with Crippen molar-refractivity contribution in [3.63, 3.8) is 0 Å². The molecule has 1 amide bonds. The highest BCUT2D eigenvalue weighted by Gasteiger charge is 2.20. The summed E-state index contributed by atoms with van der Waals surface area (Å²) in [5, 5.41) is 7.56. The van der Waals surface area contributed by atoms with E-state index < -0.39 is 0 Å². The summed E-state index contributed by atoms with van der Waals surface area (Å²) < 4.78 is 1.84. The van der Waals surface area contributed by atoms with Crippen LogP contribution in [0, 0.1) is 13.8 Å². The fraction of sp³-hybridized carbons (Fsp3) is 0.444. The SMILES string of the molecule is Cc1cccc(-n2ncc(C(=O)NC3CCCCC3)c2C)c1. The van der Waals surface area contributed by atoms with Crippen molar-refractivity contribution >= 4 is 5.91 Å². The molecule has 0 spiro atoms. The Morgan fingerprint density at radius 2 is 2.00 bits per heavy atom. The summed E-state index contributed by atoms with van der Waals surface area (Å²) in [6, 6.07) is 8.47. The zero-order valence-electron chi connectivity index (χ0n) is 13.3. The Labute approximate surface area is 131 Å². The van der Waals surface area contributed by atoms with Crippen molar-refractivity contribution in [1.82, 2.24) is 15.1 Å². The second-order valence-corrected chi connectivity index (χ2v) is 6.20. The van der Waals surface area contributed by atoms with Crippen LogP contribution in [0.5, 0.6) is 0 Å². The maximum absolute atomic E-state index is 12.5. The van der Waals surface area contributed by atoms with Crippen LogP contribution in [0.1, 0.15) is 53.7 Å². The third-order valence-corrected chi connectivity index (χ3v) is 4.44. The largest absolute Gasteiger partial charge is 0.349 e. The van der Waals surface area contributed by atoms with Crippen LogP contribution in [-0.4, -0.2) is 21.7 Å². The van der Waals surface area contributed by atoms with Gasteiger partial charge in [-0.1, -0.05) is 31.4 Å². The molecule has 1 aromatic heterocycles. The first-order chi connectivity index (χ1) is 10.6. The minimum absolute atomic E-state index is 0.00306. The van der Waals surface area contributed by atoms with E-state index in [1.165, 1.54) is 24.8 Å². The Kier molecular flexibility index (Phi) is 4.27. The van der Waals surface area contributed by atoms with Crippen LogP contribution >= 0.6 is 0 Å². The summed E-state index contributed by atoms with van der Waals surface area (Å²) in [7, 11) is 0. The Balaban J connectivity index is 1.79. The van der Waals surface area contributed by atoms with Gasteiger partial charge in [-0.05, 0) is 44.4 Å². The highest BCUT2D eigenvalue weighted by molar-refractivity contribution is 5.95. The molecule has 0 unspecified atom stereocenters. The molecule has 0 bridgehead atoms. The molecule has 4 nitrogen and oxygen atoms in total. The Morgan fingerprint density at radius 3 is 2.73 bits per heavy atom. The molecule has 22 heavy (non-hydrogen) atoms. The summed E-state index contributed by atoms with van der Waals surface area (Å²) in [4.78, 5) is 12.5. The lowest BCUT2D eigenvalue weighted by molar-refractivity contribution is 0.0927. The molecule has 1 aliphatic rings. The van der Waals surface area contributed by atoms with Gasteiger partial charge < -0.3 is 5.32 Å². The van der Waals surface area contributed by atoms with Gasteiger partial charge in [-0.15, -0.1) is 0 Å². The first-order valence-electron chi connectivity index (χ1n) is 8.07. The molecule has 4 heteroatoms. The lowest BCUT2D eigenvalue weighted by Crippen LogP contribution is -2.36. The molecule has 1 aromatic carbocycles. The van der Waals surface area contributed by atoms with Crippen LogP contribution in [0.4, 0.5) is 0 Å². The highest BCUT2D eigenvalue weighted by Crippen LogP contribution is 2.19. The molecule has 1 aliphatic carbocycles. The van der Waals surface area contributed by atoms with Crippen LogP contribution < -0.4 is 5.32 Å². The Bertz CT molecular complexity index is 669. The van der Waals surface area contributed by atoms with Gasteiger partial charge in [-0.2, -0.15) is 5.10 Å². The number of rotatable bonds is 3. The number of aryl methyl sites for hydroxylation is 1. The van der Waals surface area contributed by atoms with E-state index in [0.717, 1.165) is 24.2 Å². The number of hydrogen-bond acceptors (Lipinski definition) is 2. The highest BCUT2D eigenvalue weighted by atomic mass is 16.1. The van der Waals surface area contributed by atoms with E-state index in [0.29, 0.717) is 11.6 Å². The van der Waals surface area contributed by atoms with Crippen LogP contribution in [-0.2, 0) is 0 Å². The van der Waals surface area contributed by atoms with E-state index in [4.69, 9.17) is 0 Å². The van der Waals surface area contributed by atoms with Crippen molar-refractivity contribution in [1.29, 1.82) is 0 Å². The average Bonchev–Trinajstić information content (AvgIpc) is 2.90. The molecule has 1 N–H and O–H groups in total. The van der Waals surface area contributed by atoms with Crippen LogP contribution in [0.3, 0.4) is 0 Å². The smallest absolute Gasteiger partial charge is 0.254 e. The lowest BCUT2D eigenvalue weighted by atomic mass is 9.95. The van der Waals surface area contributed by atoms with Gasteiger partial charge in [0.1, 0.15) is 0 Å². The third kappa shape index (κ3) is 3.06. The van der Waals surface area contributed by atoms with Crippen molar-refractivity contribution < 1.29 is 4.79 Å². The lowest BCUT2D eigenvalue weighted by Gasteiger charge is -2.22. The van der Waals surface area contributed by atoms with E-state index in [9.17, 15) is 4.79 Å². The summed E-state index contributed by atoms with van der Waals surface area (Å²) in [6.45, 7) is 4.00. The van der Waals surface area contributed by atoms with Gasteiger partial charge in [0.25, 0.3) is 5.91 Å². The van der Waals surface area contributed by atoms with Gasteiger partial charge >= 0.3 is 0 Å². The van der Waals surface area contributed by atoms with Crippen molar-refractivity contribution in [3.8, 4) is 5.69 Å². The summed E-state index contributed by atoms with van der Waals surface area (Å²) >= 11 is 0. The van der Waals surface area contributed by atoms with Gasteiger partial charge in [0.15, 0.2) is 0 Å². The molecular weight excluding hydrogens is 274 g/mol. The molecule has 116 valence electrons. The molecule has 0 saturated heterocycles. The zero-order chi connectivity index (χ0) is 15.5. The van der Waals surface area contributed by atoms with E-state index in [1.54, 1.807) is 6.20 Å². The zero-order valence-corrected chi connectivity index (χ0v) is 13.3. The number of nitrogens with one attached hydrogen (secondary N) is 1. The van der Waals surface area contributed by atoms with Gasteiger partial charge in [0, 0.05) is 6.04 Å². The number of hydrogen-bond donors (Lipinski definition) is 1. The van der Waals surface area contributed by atoms with E-state index in [-0.39, 0.29) is 5.91 Å². The number of benzene rings is 1. The molecule has 3 rings (SSSR count). The maximum atomic E-state index is 12.5. The molecule has 1 saturated carbocycles. The van der Waals surface area contributed by atoms with Crippen LogP contribution in [0.15, 0.2) is 30.5 Å². The van der Waals surface area contributed by atoms with E-state index >= 15 is 0 Å². The van der Waals surface area contributed by atoms with Crippen molar-refractivity contribution in [2.75, 3.05) is 0 Å². The topological polar surface area (TPSA) is 46.9 Å². The summed E-state index contributed by atoms with van der Waals surface area (Å²) in [5.41, 5.74) is 3.74. The standard InChI is InChI=1S/C18H23N3O/c1-13-7-6-10-16(11-13)21-14(2)17(12-19-21)18(22)20-15-8-4-3-5-9-15/h6-7,10-12,15H,3-5,8-9H2,1-2H3,(H,20,22). The Hall–Kier alpha value is -2.10. The van der Waals surface area contributed by atoms with Gasteiger partial charge in [-0.3, -0.25) is 4.79 Å². The van der Waals surface area contributed by atoms with Crippen LogP contribution in [0.2, 0.25) is 0 Å². The number of amides is 1. The predicted octanol–water partition coefficient (Wildman–Crippen LogP) is 3.55. The monoisotopic (exact) mass is 297 g/mol. The van der Waals surface area contributed by atoms with E-state index in [2.05, 4.69) is 29.5 Å². The van der Waals surface area contributed by atoms with Gasteiger partial charge in [0.05, 0.1) is 23.1 Å². The normalized spacial score (nSPS) is 15.7. The first-order valence-corrected chi connectivity index (χ1v) is 8.07. The average molecular weight is 297 g/mol. The van der Waals surface area contributed by atoms with Gasteiger partial charge in [0.2, 0.25) is 0 Å².